The number of amides is 2. The molecule has 0 radical (unpaired) electrons. The quantitative estimate of drug-likeness (QED) is 0.632. The first-order chi connectivity index (χ1) is 6.34. The Morgan fingerprint density at radius 2 is 1.79 bits per heavy atom. The first-order valence-corrected chi connectivity index (χ1v) is 4.43. The maximum Gasteiger partial charge on any atom is 0.223 e. The molecule has 0 spiro atoms. The van der Waals surface area contributed by atoms with Crippen LogP contribution in [-0.2, 0) is 14.4 Å². The normalized spacial score (nSPS) is 12.3. The highest BCUT2D eigenvalue weighted by Crippen LogP contribution is 1.97. The summed E-state index contributed by atoms with van der Waals surface area (Å²) in [7, 11) is 0. The van der Waals surface area contributed by atoms with E-state index in [-0.39, 0.29) is 24.0 Å². The topological polar surface area (TPSA) is 89.3 Å². The summed E-state index contributed by atoms with van der Waals surface area (Å²) in [4.78, 5) is 32.8. The molecule has 1 atom stereocenters. The maximum atomic E-state index is 11.2. The Morgan fingerprint density at radius 3 is 2.07 bits per heavy atom. The molecule has 0 unspecified atom stereocenters. The number of carbonyl (C=O) groups excluding carboxylic acids is 3. The number of ketones is 1. The minimum Gasteiger partial charge on any atom is -0.370 e. The van der Waals surface area contributed by atoms with Gasteiger partial charge in [-0.1, -0.05) is 13.8 Å². The van der Waals surface area contributed by atoms with Crippen molar-refractivity contribution in [2.45, 2.75) is 33.2 Å². The highest BCUT2D eigenvalue weighted by molar-refractivity contribution is 5.91. The van der Waals surface area contributed by atoms with Crippen LogP contribution in [0.5, 0.6) is 0 Å². The van der Waals surface area contributed by atoms with Gasteiger partial charge in [0, 0.05) is 5.92 Å². The predicted molar refractivity (Wildman–Crippen MR) is 51.3 cm³/mol. The van der Waals surface area contributed by atoms with Crippen LogP contribution in [0, 0.1) is 5.92 Å². The smallest absolute Gasteiger partial charge is 0.223 e. The summed E-state index contributed by atoms with van der Waals surface area (Å²) in [6, 6.07) is -0.789. The zero-order valence-electron chi connectivity index (χ0n) is 8.66. The van der Waals surface area contributed by atoms with Crippen LogP contribution in [0.15, 0.2) is 0 Å². The van der Waals surface area contributed by atoms with E-state index < -0.39 is 11.9 Å². The fourth-order valence-corrected chi connectivity index (χ4v) is 0.836. The number of nitrogens with two attached hydrogens (primary N) is 1. The van der Waals surface area contributed by atoms with E-state index in [0.717, 1.165) is 0 Å². The molecule has 0 aromatic heterocycles. The lowest BCUT2D eigenvalue weighted by molar-refractivity contribution is -0.130. The van der Waals surface area contributed by atoms with Crippen LogP contribution in [0.25, 0.3) is 0 Å². The van der Waals surface area contributed by atoms with Crippen molar-refractivity contribution in [1.29, 1.82) is 0 Å². The van der Waals surface area contributed by atoms with Gasteiger partial charge in [0.25, 0.3) is 0 Å². The number of primary amides is 1. The molecule has 0 aromatic rings. The number of rotatable bonds is 5. The monoisotopic (exact) mass is 200 g/mol. The van der Waals surface area contributed by atoms with Crippen molar-refractivity contribution in [3.8, 4) is 0 Å². The van der Waals surface area contributed by atoms with Gasteiger partial charge < -0.3 is 11.1 Å². The van der Waals surface area contributed by atoms with Crippen LogP contribution in [-0.4, -0.2) is 23.6 Å². The van der Waals surface area contributed by atoms with Crippen LogP contribution in [0.2, 0.25) is 0 Å². The summed E-state index contributed by atoms with van der Waals surface area (Å²) >= 11 is 0. The molecule has 0 heterocycles. The first-order valence-electron chi connectivity index (χ1n) is 4.43. The van der Waals surface area contributed by atoms with Crippen molar-refractivity contribution in [2.24, 2.45) is 11.7 Å². The van der Waals surface area contributed by atoms with E-state index in [2.05, 4.69) is 5.32 Å². The lowest BCUT2D eigenvalue weighted by Gasteiger charge is -2.15. The molecule has 0 saturated heterocycles. The molecule has 3 N–H and O–H groups in total. The molecule has 0 aromatic carbocycles. The van der Waals surface area contributed by atoms with Gasteiger partial charge in [-0.2, -0.15) is 0 Å². The average molecular weight is 200 g/mol. The van der Waals surface area contributed by atoms with Gasteiger partial charge in [0.2, 0.25) is 11.8 Å². The summed E-state index contributed by atoms with van der Waals surface area (Å²) in [6.07, 6.45) is -0.145. The number of hydrogen-bond acceptors (Lipinski definition) is 3. The van der Waals surface area contributed by atoms with Crippen LogP contribution in [0.1, 0.15) is 27.2 Å². The Bertz CT molecular complexity index is 248. The maximum absolute atomic E-state index is 11.2. The van der Waals surface area contributed by atoms with Crippen LogP contribution in [0.3, 0.4) is 0 Å². The number of nitrogens with one attached hydrogen (secondary N) is 1. The second-order valence-corrected chi connectivity index (χ2v) is 3.50. The molecule has 80 valence electrons. The molecule has 0 aliphatic heterocycles. The Morgan fingerprint density at radius 1 is 1.29 bits per heavy atom. The summed E-state index contributed by atoms with van der Waals surface area (Å²) in [5, 5.41) is 2.46. The molecule has 0 fully saturated rings. The molecule has 14 heavy (non-hydrogen) atoms. The second-order valence-electron chi connectivity index (χ2n) is 3.50. The summed E-state index contributed by atoms with van der Waals surface area (Å²) in [5.41, 5.74) is 4.94. The van der Waals surface area contributed by atoms with E-state index in [4.69, 9.17) is 5.73 Å². The van der Waals surface area contributed by atoms with E-state index >= 15 is 0 Å². The summed E-state index contributed by atoms with van der Waals surface area (Å²) < 4.78 is 0. The van der Waals surface area contributed by atoms with Crippen LogP contribution < -0.4 is 11.1 Å². The Labute approximate surface area is 83.0 Å². The van der Waals surface area contributed by atoms with Crippen molar-refractivity contribution >= 4 is 17.6 Å². The molecule has 0 aliphatic rings. The van der Waals surface area contributed by atoms with Crippen molar-refractivity contribution in [3.05, 3.63) is 0 Å². The zero-order chi connectivity index (χ0) is 11.3. The van der Waals surface area contributed by atoms with E-state index in [1.54, 1.807) is 13.8 Å². The highest BCUT2D eigenvalue weighted by atomic mass is 16.2. The van der Waals surface area contributed by atoms with Gasteiger partial charge in [-0.25, -0.2) is 0 Å². The minimum absolute atomic E-state index is 0.145. The van der Waals surface area contributed by atoms with Crippen molar-refractivity contribution in [3.63, 3.8) is 0 Å². The van der Waals surface area contributed by atoms with Gasteiger partial charge in [-0.15, -0.1) is 0 Å². The largest absolute Gasteiger partial charge is 0.370 e. The molecule has 5 heteroatoms. The average Bonchev–Trinajstić information content (AvgIpc) is 2.01. The van der Waals surface area contributed by atoms with Gasteiger partial charge >= 0.3 is 0 Å². The zero-order valence-corrected chi connectivity index (χ0v) is 8.66. The number of Topliss-reactive ketones (excluding diaryl/α,β-unsaturated/α-hetero) is 1. The molecule has 0 bridgehead atoms. The van der Waals surface area contributed by atoms with Gasteiger partial charge in [-0.05, 0) is 6.92 Å². The van der Waals surface area contributed by atoms with Gasteiger partial charge in [0.15, 0.2) is 5.78 Å². The second kappa shape index (κ2) is 5.36. The van der Waals surface area contributed by atoms with E-state index in [9.17, 15) is 14.4 Å². The van der Waals surface area contributed by atoms with E-state index in [1.165, 1.54) is 6.92 Å². The van der Waals surface area contributed by atoms with Crippen LogP contribution in [0.4, 0.5) is 0 Å². The fourth-order valence-electron chi connectivity index (χ4n) is 0.836. The molecule has 0 aliphatic carbocycles. The van der Waals surface area contributed by atoms with Gasteiger partial charge in [0.1, 0.15) is 0 Å². The van der Waals surface area contributed by atoms with Gasteiger partial charge in [-0.3, -0.25) is 14.4 Å². The van der Waals surface area contributed by atoms with Gasteiger partial charge in [0.05, 0.1) is 12.5 Å². The van der Waals surface area contributed by atoms with E-state index in [1.807, 2.05) is 0 Å². The standard InChI is InChI=1S/C9H16N2O3/c1-5(2)9(14)11-7(6(3)12)4-8(10)13/h5,7H,4H2,1-3H3,(H2,10,13)(H,11,14)/t7-/m0/s1. The minimum atomic E-state index is -0.789. The number of carbonyl (C=O) groups is 3. The number of hydrogen-bond donors (Lipinski definition) is 2. The summed E-state index contributed by atoms with van der Waals surface area (Å²) in [5.74, 6) is -1.34. The summed E-state index contributed by atoms with van der Waals surface area (Å²) in [6.45, 7) is 4.72. The molecular formula is C9H16N2O3. The molecule has 5 nitrogen and oxygen atoms in total. The first kappa shape index (κ1) is 12.6. The molecule has 0 rings (SSSR count). The molecule has 2 amide bonds. The fraction of sp³-hybridized carbons (Fsp3) is 0.667. The lowest BCUT2D eigenvalue weighted by Crippen LogP contribution is -2.44. The lowest BCUT2D eigenvalue weighted by atomic mass is 10.1. The SMILES string of the molecule is CC(=O)[C@H](CC(N)=O)NC(=O)C(C)C. The highest BCUT2D eigenvalue weighted by Gasteiger charge is 2.20. The third-order valence-electron chi connectivity index (χ3n) is 1.74. The third-order valence-corrected chi connectivity index (χ3v) is 1.74. The molecule has 0 saturated carbocycles. The van der Waals surface area contributed by atoms with E-state index in [0.29, 0.717) is 0 Å². The predicted octanol–water partition coefficient (Wildman–Crippen LogP) is -0.408. The Hall–Kier alpha value is -1.39. The van der Waals surface area contributed by atoms with Crippen molar-refractivity contribution in [2.75, 3.05) is 0 Å². The molecular weight excluding hydrogens is 184 g/mol. The Balaban J connectivity index is 4.31. The third kappa shape index (κ3) is 4.59. The van der Waals surface area contributed by atoms with Crippen LogP contribution >= 0.6 is 0 Å². The Kier molecular flexibility index (Phi) is 4.83. The van der Waals surface area contributed by atoms with Crippen molar-refractivity contribution < 1.29 is 14.4 Å². The van der Waals surface area contributed by atoms with Crippen molar-refractivity contribution in [1.82, 2.24) is 5.32 Å².